The number of aromatic nitrogens is 1. The summed E-state index contributed by atoms with van der Waals surface area (Å²) in [4.78, 5) is 37.2. The average Bonchev–Trinajstić information content (AvgIpc) is 2.96. The second-order valence-corrected chi connectivity index (χ2v) is 6.77. The largest absolute Gasteiger partial charge is 0.466 e. The molecule has 2 aromatic heterocycles. The van der Waals surface area contributed by atoms with Gasteiger partial charge in [-0.25, -0.2) is 14.4 Å². The van der Waals surface area contributed by atoms with E-state index in [1.54, 1.807) is 24.4 Å². The van der Waals surface area contributed by atoms with Crippen LogP contribution in [0.1, 0.15) is 45.8 Å². The summed E-state index contributed by atoms with van der Waals surface area (Å²) in [5.74, 6) is -1.65. The first-order valence-corrected chi connectivity index (χ1v) is 9.64. The minimum Gasteiger partial charge on any atom is -0.466 e. The number of esters is 3. The normalized spacial score (nSPS) is 11.0. The molecule has 0 amide bonds. The summed E-state index contributed by atoms with van der Waals surface area (Å²) < 4.78 is 16.7. The van der Waals surface area contributed by atoms with Crippen molar-refractivity contribution >= 4 is 35.2 Å². The third kappa shape index (κ3) is 4.39. The Balaban J connectivity index is 2.81. The zero-order valence-corrected chi connectivity index (χ0v) is 17.3. The van der Waals surface area contributed by atoms with Crippen molar-refractivity contribution in [1.82, 2.24) is 4.40 Å². The summed E-state index contributed by atoms with van der Waals surface area (Å²) in [7, 11) is 1.27. The molecule has 0 aromatic carbocycles. The second kappa shape index (κ2) is 9.45. The van der Waals surface area contributed by atoms with Crippen molar-refractivity contribution in [2.24, 2.45) is 0 Å². The van der Waals surface area contributed by atoms with Crippen LogP contribution in [0.4, 0.5) is 0 Å². The molecule has 2 rings (SSSR count). The Morgan fingerprint density at radius 3 is 2.36 bits per heavy atom. The van der Waals surface area contributed by atoms with Crippen LogP contribution in [-0.2, 0) is 19.0 Å². The van der Waals surface area contributed by atoms with Crippen molar-refractivity contribution in [1.29, 1.82) is 0 Å². The summed E-state index contributed by atoms with van der Waals surface area (Å²) >= 11 is 1.06. The Morgan fingerprint density at radius 1 is 1.11 bits per heavy atom. The van der Waals surface area contributed by atoms with Crippen LogP contribution in [0, 0.1) is 13.8 Å². The average molecular weight is 405 g/mol. The van der Waals surface area contributed by atoms with Crippen LogP contribution in [0.2, 0.25) is 0 Å². The number of rotatable bonds is 7. The van der Waals surface area contributed by atoms with E-state index in [4.69, 9.17) is 9.47 Å². The number of nitrogens with zero attached hydrogens (tertiary/aromatic N) is 1. The van der Waals surface area contributed by atoms with Gasteiger partial charge in [0.25, 0.3) is 0 Å². The Hall–Kier alpha value is -2.74. The minimum atomic E-state index is -0.563. The minimum absolute atomic E-state index is 0.188. The van der Waals surface area contributed by atoms with Crippen molar-refractivity contribution in [2.75, 3.05) is 20.3 Å². The molecule has 0 bridgehead atoms. The molecular formula is C20H23NO6S. The van der Waals surface area contributed by atoms with Gasteiger partial charge in [-0.2, -0.15) is 0 Å². The number of thioether (sulfide) groups is 1. The number of carbonyl (C=O) groups is 3. The van der Waals surface area contributed by atoms with Crippen LogP contribution >= 0.6 is 11.8 Å². The van der Waals surface area contributed by atoms with E-state index in [9.17, 15) is 14.4 Å². The maximum Gasteiger partial charge on any atom is 0.356 e. The van der Waals surface area contributed by atoms with Gasteiger partial charge in [0.1, 0.15) is 11.3 Å². The van der Waals surface area contributed by atoms with Gasteiger partial charge in [0.15, 0.2) is 0 Å². The molecule has 8 heteroatoms. The predicted molar refractivity (Wildman–Crippen MR) is 106 cm³/mol. The summed E-state index contributed by atoms with van der Waals surface area (Å²) in [6, 6.07) is 1.92. The van der Waals surface area contributed by atoms with E-state index in [1.807, 2.05) is 19.9 Å². The Kier molecular flexibility index (Phi) is 7.28. The molecule has 0 N–H and O–H groups in total. The van der Waals surface area contributed by atoms with Crippen LogP contribution in [0.3, 0.4) is 0 Å². The topological polar surface area (TPSA) is 83.3 Å². The molecule has 0 atom stereocenters. The van der Waals surface area contributed by atoms with Gasteiger partial charge in [-0.05, 0) is 44.2 Å². The molecule has 0 aliphatic rings. The SMILES string of the molecule is CCOC(=O)c1c(S/C=C/C(=O)OC)c(C(=O)OCC)n2cc(C)cc(C)c12. The van der Waals surface area contributed by atoms with Crippen molar-refractivity contribution in [3.8, 4) is 0 Å². The van der Waals surface area contributed by atoms with Gasteiger partial charge in [-0.15, -0.1) is 0 Å². The summed E-state index contributed by atoms with van der Waals surface area (Å²) in [6.45, 7) is 7.56. The van der Waals surface area contributed by atoms with Crippen molar-refractivity contribution in [3.63, 3.8) is 0 Å². The van der Waals surface area contributed by atoms with Gasteiger partial charge in [0.05, 0.1) is 30.7 Å². The highest BCUT2D eigenvalue weighted by molar-refractivity contribution is 8.02. The lowest BCUT2D eigenvalue weighted by molar-refractivity contribution is -0.134. The van der Waals surface area contributed by atoms with Gasteiger partial charge < -0.3 is 18.6 Å². The molecule has 0 fully saturated rings. The van der Waals surface area contributed by atoms with Crippen LogP contribution in [-0.4, -0.2) is 42.6 Å². The molecule has 7 nitrogen and oxygen atoms in total. The molecule has 28 heavy (non-hydrogen) atoms. The quantitative estimate of drug-likeness (QED) is 0.301. The number of ether oxygens (including phenoxy) is 3. The Bertz CT molecular complexity index is 944. The zero-order chi connectivity index (χ0) is 20.8. The maximum atomic E-state index is 12.7. The van der Waals surface area contributed by atoms with Gasteiger partial charge >= 0.3 is 17.9 Å². The third-order valence-electron chi connectivity index (χ3n) is 3.85. The predicted octanol–water partition coefficient (Wildman–Crippen LogP) is 3.69. The molecular weight excluding hydrogens is 382 g/mol. The molecule has 0 saturated carbocycles. The van der Waals surface area contributed by atoms with Crippen LogP contribution in [0.5, 0.6) is 0 Å². The van der Waals surface area contributed by atoms with Gasteiger partial charge in [0, 0.05) is 12.3 Å². The van der Waals surface area contributed by atoms with E-state index in [1.165, 1.54) is 18.6 Å². The van der Waals surface area contributed by atoms with E-state index in [2.05, 4.69) is 4.74 Å². The van der Waals surface area contributed by atoms with Crippen molar-refractivity contribution < 1.29 is 28.6 Å². The fourth-order valence-corrected chi connectivity index (χ4v) is 3.76. The first-order chi connectivity index (χ1) is 13.3. The van der Waals surface area contributed by atoms with E-state index in [0.717, 1.165) is 22.9 Å². The Labute approximate surface area is 167 Å². The first-order valence-electron chi connectivity index (χ1n) is 8.76. The molecule has 150 valence electrons. The van der Waals surface area contributed by atoms with E-state index < -0.39 is 17.9 Å². The maximum absolute atomic E-state index is 12.7. The molecule has 0 radical (unpaired) electrons. The lowest BCUT2D eigenvalue weighted by Crippen LogP contribution is -2.09. The zero-order valence-electron chi connectivity index (χ0n) is 16.5. The van der Waals surface area contributed by atoms with Crippen LogP contribution < -0.4 is 0 Å². The van der Waals surface area contributed by atoms with Crippen LogP contribution in [0.25, 0.3) is 5.52 Å². The monoisotopic (exact) mass is 405 g/mol. The number of pyridine rings is 1. The van der Waals surface area contributed by atoms with Crippen LogP contribution in [0.15, 0.2) is 28.6 Å². The van der Waals surface area contributed by atoms with Gasteiger partial charge in [0.2, 0.25) is 0 Å². The number of fused-ring (bicyclic) bond motifs is 1. The fraction of sp³-hybridized carbons (Fsp3) is 0.350. The Morgan fingerprint density at radius 2 is 1.75 bits per heavy atom. The van der Waals surface area contributed by atoms with Gasteiger partial charge in [-0.1, -0.05) is 17.8 Å². The van der Waals surface area contributed by atoms with E-state index >= 15 is 0 Å². The number of methoxy groups -OCH3 is 1. The lowest BCUT2D eigenvalue weighted by Gasteiger charge is -2.07. The number of carbonyl (C=O) groups excluding carboxylic acids is 3. The fourth-order valence-electron chi connectivity index (χ4n) is 2.86. The molecule has 2 heterocycles. The van der Waals surface area contributed by atoms with E-state index in [-0.39, 0.29) is 24.5 Å². The number of hydrogen-bond donors (Lipinski definition) is 0. The highest BCUT2D eigenvalue weighted by Crippen LogP contribution is 2.36. The molecule has 0 spiro atoms. The summed E-state index contributed by atoms with van der Waals surface area (Å²) in [6.07, 6.45) is 2.99. The molecule has 0 saturated heterocycles. The summed E-state index contributed by atoms with van der Waals surface area (Å²) in [5.41, 5.74) is 2.79. The van der Waals surface area contributed by atoms with E-state index in [0.29, 0.717) is 10.4 Å². The smallest absolute Gasteiger partial charge is 0.356 e. The molecule has 2 aromatic rings. The number of hydrogen-bond acceptors (Lipinski definition) is 7. The van der Waals surface area contributed by atoms with Gasteiger partial charge in [-0.3, -0.25) is 0 Å². The highest BCUT2D eigenvalue weighted by Gasteiger charge is 2.30. The first kappa shape index (κ1) is 21.6. The molecule has 0 aliphatic heterocycles. The highest BCUT2D eigenvalue weighted by atomic mass is 32.2. The standard InChI is InChI=1S/C20H23NO6S/c1-6-26-19(23)15-16-13(4)10-12(3)11-21(16)17(20(24)27-7-2)18(15)28-9-8-14(22)25-5/h8-11H,6-7H2,1-5H3/b9-8+. The molecule has 0 aliphatic carbocycles. The second-order valence-electron chi connectivity index (χ2n) is 5.86. The summed E-state index contributed by atoms with van der Waals surface area (Å²) in [5, 5.41) is 1.47. The number of aryl methyl sites for hydroxylation is 2. The third-order valence-corrected chi connectivity index (χ3v) is 4.76. The lowest BCUT2D eigenvalue weighted by atomic mass is 10.1. The van der Waals surface area contributed by atoms with Crippen molar-refractivity contribution in [2.45, 2.75) is 32.6 Å². The van der Waals surface area contributed by atoms with Crippen molar-refractivity contribution in [3.05, 3.63) is 46.1 Å². The molecule has 0 unspecified atom stereocenters.